The van der Waals surface area contributed by atoms with Crippen LogP contribution in [0, 0.1) is 5.82 Å². The number of hydrogen-bond donors (Lipinski definition) is 1. The van der Waals surface area contributed by atoms with Gasteiger partial charge in [0.2, 0.25) is 5.91 Å². The van der Waals surface area contributed by atoms with E-state index in [1.165, 1.54) is 18.2 Å². The van der Waals surface area contributed by atoms with Gasteiger partial charge in [0.15, 0.2) is 0 Å². The molecule has 1 N–H and O–H groups in total. The SMILES string of the molecule is O=C(/C=C/c1ccc(F)cc1)NCC1(c2cccc(Cl)c2)CCOCC1. The van der Waals surface area contributed by atoms with Crippen LogP contribution < -0.4 is 5.32 Å². The van der Waals surface area contributed by atoms with E-state index in [-0.39, 0.29) is 17.1 Å². The Morgan fingerprint density at radius 1 is 1.19 bits per heavy atom. The van der Waals surface area contributed by atoms with E-state index in [0.29, 0.717) is 24.8 Å². The summed E-state index contributed by atoms with van der Waals surface area (Å²) in [4.78, 5) is 12.2. The van der Waals surface area contributed by atoms with Crippen molar-refractivity contribution in [2.75, 3.05) is 19.8 Å². The van der Waals surface area contributed by atoms with Crippen LogP contribution in [0.3, 0.4) is 0 Å². The maximum atomic E-state index is 12.9. The first-order chi connectivity index (χ1) is 12.6. The Labute approximate surface area is 157 Å². The van der Waals surface area contributed by atoms with Gasteiger partial charge in [-0.3, -0.25) is 4.79 Å². The number of ether oxygens (including phenoxy) is 1. The van der Waals surface area contributed by atoms with Gasteiger partial charge in [0.25, 0.3) is 0 Å². The second-order valence-electron chi connectivity index (χ2n) is 6.51. The van der Waals surface area contributed by atoms with Crippen LogP contribution >= 0.6 is 11.6 Å². The monoisotopic (exact) mass is 373 g/mol. The summed E-state index contributed by atoms with van der Waals surface area (Å²) >= 11 is 6.16. The van der Waals surface area contributed by atoms with E-state index in [0.717, 1.165) is 24.0 Å². The molecule has 3 nitrogen and oxygen atoms in total. The Morgan fingerprint density at radius 2 is 1.92 bits per heavy atom. The molecule has 3 rings (SSSR count). The Kier molecular flexibility index (Phi) is 6.07. The van der Waals surface area contributed by atoms with Gasteiger partial charge in [-0.25, -0.2) is 4.39 Å². The van der Waals surface area contributed by atoms with Gasteiger partial charge in [-0.2, -0.15) is 0 Å². The van der Waals surface area contributed by atoms with Crippen molar-refractivity contribution in [3.63, 3.8) is 0 Å². The van der Waals surface area contributed by atoms with Crippen LogP contribution in [0.2, 0.25) is 5.02 Å². The fraction of sp³-hybridized carbons (Fsp3) is 0.286. The van der Waals surface area contributed by atoms with Crippen molar-refractivity contribution in [1.29, 1.82) is 0 Å². The van der Waals surface area contributed by atoms with E-state index in [9.17, 15) is 9.18 Å². The van der Waals surface area contributed by atoms with Crippen molar-refractivity contribution in [1.82, 2.24) is 5.32 Å². The first-order valence-electron chi connectivity index (χ1n) is 8.63. The van der Waals surface area contributed by atoms with Gasteiger partial charge in [-0.1, -0.05) is 35.9 Å². The predicted molar refractivity (Wildman–Crippen MR) is 102 cm³/mol. The van der Waals surface area contributed by atoms with E-state index in [1.54, 1.807) is 18.2 Å². The predicted octanol–water partition coefficient (Wildman–Crippen LogP) is 4.36. The molecule has 0 atom stereocenters. The van der Waals surface area contributed by atoms with Crippen molar-refractivity contribution in [3.8, 4) is 0 Å². The highest BCUT2D eigenvalue weighted by Gasteiger charge is 2.34. The summed E-state index contributed by atoms with van der Waals surface area (Å²) in [6.45, 7) is 1.84. The molecule has 2 aromatic rings. The molecule has 26 heavy (non-hydrogen) atoms. The summed E-state index contributed by atoms with van der Waals surface area (Å²) in [6.07, 6.45) is 4.80. The Hall–Kier alpha value is -2.17. The third-order valence-corrected chi connectivity index (χ3v) is 5.02. The zero-order valence-electron chi connectivity index (χ0n) is 14.4. The molecule has 1 aliphatic heterocycles. The Morgan fingerprint density at radius 3 is 2.62 bits per heavy atom. The number of benzene rings is 2. The van der Waals surface area contributed by atoms with E-state index in [1.807, 2.05) is 18.2 Å². The molecular formula is C21H21ClFNO2. The molecule has 136 valence electrons. The lowest BCUT2D eigenvalue weighted by atomic mass is 9.74. The van der Waals surface area contributed by atoms with Crippen LogP contribution in [0.1, 0.15) is 24.0 Å². The number of nitrogens with one attached hydrogen (secondary N) is 1. The smallest absolute Gasteiger partial charge is 0.244 e. The Balaban J connectivity index is 1.68. The first kappa shape index (κ1) is 18.6. The summed E-state index contributed by atoms with van der Waals surface area (Å²) in [7, 11) is 0. The molecule has 5 heteroatoms. The average molecular weight is 374 g/mol. The van der Waals surface area contributed by atoms with Crippen molar-refractivity contribution < 1.29 is 13.9 Å². The van der Waals surface area contributed by atoms with Crippen LogP contribution in [-0.2, 0) is 14.9 Å². The lowest BCUT2D eigenvalue weighted by Crippen LogP contribution is -2.44. The van der Waals surface area contributed by atoms with Gasteiger partial charge in [0, 0.05) is 36.3 Å². The second kappa shape index (κ2) is 8.47. The van der Waals surface area contributed by atoms with Crippen molar-refractivity contribution >= 4 is 23.6 Å². The maximum absolute atomic E-state index is 12.9. The van der Waals surface area contributed by atoms with Crippen LogP contribution in [0.5, 0.6) is 0 Å². The fourth-order valence-electron chi connectivity index (χ4n) is 3.21. The average Bonchev–Trinajstić information content (AvgIpc) is 2.67. The lowest BCUT2D eigenvalue weighted by molar-refractivity contribution is -0.116. The highest BCUT2D eigenvalue weighted by Crippen LogP contribution is 2.35. The largest absolute Gasteiger partial charge is 0.381 e. The molecule has 0 saturated carbocycles. The van der Waals surface area contributed by atoms with Gasteiger partial charge in [-0.05, 0) is 54.3 Å². The van der Waals surface area contributed by atoms with Crippen LogP contribution in [0.15, 0.2) is 54.6 Å². The molecule has 0 unspecified atom stereocenters. The third-order valence-electron chi connectivity index (χ3n) is 4.79. The molecule has 1 amide bonds. The Bertz CT molecular complexity index is 783. The quantitative estimate of drug-likeness (QED) is 0.791. The number of rotatable bonds is 5. The van der Waals surface area contributed by atoms with Crippen LogP contribution in [0.25, 0.3) is 6.08 Å². The number of carbonyl (C=O) groups excluding carboxylic acids is 1. The molecule has 1 aliphatic rings. The summed E-state index contributed by atoms with van der Waals surface area (Å²) < 4.78 is 18.4. The summed E-state index contributed by atoms with van der Waals surface area (Å²) in [5.74, 6) is -0.475. The molecule has 1 fully saturated rings. The standard InChI is InChI=1S/C21H21ClFNO2/c22-18-3-1-2-17(14-18)21(10-12-26-13-11-21)15-24-20(25)9-6-16-4-7-19(23)8-5-16/h1-9,14H,10-13,15H2,(H,24,25)/b9-6+. The second-order valence-corrected chi connectivity index (χ2v) is 6.94. The summed E-state index contributed by atoms with van der Waals surface area (Å²) in [5.41, 5.74) is 1.72. The lowest BCUT2D eigenvalue weighted by Gasteiger charge is -2.38. The number of hydrogen-bond acceptors (Lipinski definition) is 2. The van der Waals surface area contributed by atoms with Crippen LogP contribution in [0.4, 0.5) is 4.39 Å². The third kappa shape index (κ3) is 4.71. The molecule has 0 aromatic heterocycles. The van der Waals surface area contributed by atoms with Gasteiger partial charge in [0.1, 0.15) is 5.82 Å². The minimum Gasteiger partial charge on any atom is -0.381 e. The minimum atomic E-state index is -0.297. The molecule has 0 aliphatic carbocycles. The molecule has 0 spiro atoms. The summed E-state index contributed by atoms with van der Waals surface area (Å²) in [6, 6.07) is 13.8. The van der Waals surface area contributed by atoms with Gasteiger partial charge < -0.3 is 10.1 Å². The first-order valence-corrected chi connectivity index (χ1v) is 9.01. The van der Waals surface area contributed by atoms with Crippen molar-refractivity contribution in [2.24, 2.45) is 0 Å². The minimum absolute atomic E-state index is 0.178. The van der Waals surface area contributed by atoms with Crippen LogP contribution in [-0.4, -0.2) is 25.7 Å². The highest BCUT2D eigenvalue weighted by molar-refractivity contribution is 6.30. The number of amides is 1. The van der Waals surface area contributed by atoms with Gasteiger partial charge in [-0.15, -0.1) is 0 Å². The molecule has 1 saturated heterocycles. The normalized spacial score (nSPS) is 16.5. The number of halogens is 2. The molecular weight excluding hydrogens is 353 g/mol. The van der Waals surface area contributed by atoms with E-state index >= 15 is 0 Å². The van der Waals surface area contributed by atoms with Crippen molar-refractivity contribution in [3.05, 3.63) is 76.6 Å². The van der Waals surface area contributed by atoms with Crippen molar-refractivity contribution in [2.45, 2.75) is 18.3 Å². The van der Waals surface area contributed by atoms with Gasteiger partial charge in [0.05, 0.1) is 0 Å². The molecule has 2 aromatic carbocycles. The zero-order chi connectivity index (χ0) is 18.4. The highest BCUT2D eigenvalue weighted by atomic mass is 35.5. The van der Waals surface area contributed by atoms with E-state index < -0.39 is 0 Å². The summed E-state index contributed by atoms with van der Waals surface area (Å²) in [5, 5.41) is 3.68. The molecule has 0 bridgehead atoms. The number of carbonyl (C=O) groups is 1. The van der Waals surface area contributed by atoms with Gasteiger partial charge >= 0.3 is 0 Å². The van der Waals surface area contributed by atoms with E-state index in [2.05, 4.69) is 11.4 Å². The van der Waals surface area contributed by atoms with E-state index in [4.69, 9.17) is 16.3 Å². The topological polar surface area (TPSA) is 38.3 Å². The maximum Gasteiger partial charge on any atom is 0.244 e. The fourth-order valence-corrected chi connectivity index (χ4v) is 3.40. The molecule has 0 radical (unpaired) electrons. The zero-order valence-corrected chi connectivity index (χ0v) is 15.1. The molecule has 1 heterocycles.